The van der Waals surface area contributed by atoms with Gasteiger partial charge < -0.3 is 14.5 Å². The number of hydrogen-bond donors (Lipinski definition) is 0. The van der Waals surface area contributed by atoms with Crippen molar-refractivity contribution in [1.29, 1.82) is 5.26 Å². The fourth-order valence-electron chi connectivity index (χ4n) is 4.99. The molecule has 2 aliphatic heterocycles. The number of ether oxygens (including phenoxy) is 1. The van der Waals surface area contributed by atoms with Gasteiger partial charge in [0.15, 0.2) is 0 Å². The van der Waals surface area contributed by atoms with Crippen molar-refractivity contribution in [2.45, 2.75) is 19.1 Å². The maximum Gasteiger partial charge on any atom is 0.101 e. The highest BCUT2D eigenvalue weighted by atomic mass is 35.5. The van der Waals surface area contributed by atoms with Gasteiger partial charge in [-0.2, -0.15) is 5.26 Å². The van der Waals surface area contributed by atoms with Gasteiger partial charge in [-0.1, -0.05) is 11.6 Å². The number of rotatable bonds is 4. The van der Waals surface area contributed by atoms with Crippen molar-refractivity contribution in [3.05, 3.63) is 65.3 Å². The van der Waals surface area contributed by atoms with Crippen molar-refractivity contribution in [3.63, 3.8) is 0 Å². The summed E-state index contributed by atoms with van der Waals surface area (Å²) in [5.74, 6) is 0. The number of halogens is 1. The average molecular weight is 462 g/mol. The topological polar surface area (TPSA) is 55.6 Å². The highest BCUT2D eigenvalue weighted by molar-refractivity contribution is 6.30. The molecule has 6 nitrogen and oxygen atoms in total. The molecule has 7 heteroatoms. The van der Waals surface area contributed by atoms with Crippen LogP contribution in [0.5, 0.6) is 0 Å². The molecule has 5 rings (SSSR count). The van der Waals surface area contributed by atoms with Gasteiger partial charge in [0, 0.05) is 73.8 Å². The minimum absolute atomic E-state index is 0.137. The normalized spacial score (nSPS) is 21.8. The highest BCUT2D eigenvalue weighted by Gasteiger charge is 2.29. The molecule has 2 saturated heterocycles. The quantitative estimate of drug-likeness (QED) is 0.581. The lowest BCUT2D eigenvalue weighted by atomic mass is 10.1. The molecule has 1 aromatic heterocycles. The number of nitriles is 1. The molecule has 3 aromatic rings. The molecule has 0 bridgehead atoms. The second kappa shape index (κ2) is 9.56. The van der Waals surface area contributed by atoms with Crippen molar-refractivity contribution >= 4 is 33.9 Å². The minimum atomic E-state index is 0.137. The number of hydrogen-bond acceptors (Lipinski definition) is 6. The third kappa shape index (κ3) is 4.77. The lowest BCUT2D eigenvalue weighted by Gasteiger charge is -2.42. The van der Waals surface area contributed by atoms with E-state index >= 15 is 0 Å². The summed E-state index contributed by atoms with van der Waals surface area (Å²) >= 11 is 6.03. The van der Waals surface area contributed by atoms with Crippen LogP contribution in [0.3, 0.4) is 0 Å². The predicted molar refractivity (Wildman–Crippen MR) is 133 cm³/mol. The van der Waals surface area contributed by atoms with Crippen molar-refractivity contribution in [2.24, 2.45) is 0 Å². The summed E-state index contributed by atoms with van der Waals surface area (Å²) < 4.78 is 6.34. The first kappa shape index (κ1) is 22.0. The molecule has 2 atom stereocenters. The summed E-state index contributed by atoms with van der Waals surface area (Å²) in [6.07, 6.45) is 2.03. The highest BCUT2D eigenvalue weighted by Crippen LogP contribution is 2.30. The fourth-order valence-corrected chi connectivity index (χ4v) is 5.12. The van der Waals surface area contributed by atoms with Gasteiger partial charge in [0.05, 0.1) is 23.3 Å². The molecular formula is C26H28ClN5O. The van der Waals surface area contributed by atoms with E-state index in [0.717, 1.165) is 67.4 Å². The summed E-state index contributed by atoms with van der Waals surface area (Å²) in [7, 11) is 0. The van der Waals surface area contributed by atoms with Crippen LogP contribution in [-0.2, 0) is 4.74 Å². The zero-order chi connectivity index (χ0) is 22.8. The Hall–Kier alpha value is -2.85. The first-order valence-corrected chi connectivity index (χ1v) is 11.9. The van der Waals surface area contributed by atoms with Crippen LogP contribution in [-0.4, -0.2) is 67.9 Å². The maximum atomic E-state index is 9.47. The van der Waals surface area contributed by atoms with Gasteiger partial charge in [0.1, 0.15) is 6.07 Å². The Labute approximate surface area is 199 Å². The van der Waals surface area contributed by atoms with E-state index in [0.29, 0.717) is 5.56 Å². The second-order valence-electron chi connectivity index (χ2n) is 8.88. The summed E-state index contributed by atoms with van der Waals surface area (Å²) in [5, 5.41) is 11.3. The van der Waals surface area contributed by atoms with Crippen LogP contribution >= 0.6 is 11.6 Å². The van der Waals surface area contributed by atoms with Gasteiger partial charge in [-0.3, -0.25) is 9.88 Å². The number of piperazine rings is 1. The van der Waals surface area contributed by atoms with Crippen molar-refractivity contribution in [3.8, 4) is 6.07 Å². The molecule has 0 spiro atoms. The zero-order valence-electron chi connectivity index (χ0n) is 18.8. The first-order valence-electron chi connectivity index (χ1n) is 11.5. The molecule has 0 amide bonds. The molecular weight excluding hydrogens is 434 g/mol. The third-order valence-electron chi connectivity index (χ3n) is 6.56. The number of benzene rings is 2. The Morgan fingerprint density at radius 1 is 1.03 bits per heavy atom. The summed E-state index contributed by atoms with van der Waals surface area (Å²) in [5.41, 5.74) is 3.75. The number of nitrogens with zero attached hydrogens (tertiary/aromatic N) is 5. The Morgan fingerprint density at radius 2 is 1.82 bits per heavy atom. The van der Waals surface area contributed by atoms with E-state index in [4.69, 9.17) is 16.3 Å². The van der Waals surface area contributed by atoms with Gasteiger partial charge in [-0.05, 0) is 55.5 Å². The molecule has 2 aliphatic rings. The molecule has 0 radical (unpaired) electrons. The van der Waals surface area contributed by atoms with Gasteiger partial charge in [0.2, 0.25) is 0 Å². The molecule has 170 valence electrons. The van der Waals surface area contributed by atoms with Crippen molar-refractivity contribution in [2.75, 3.05) is 55.6 Å². The molecule has 0 saturated carbocycles. The second-order valence-corrected chi connectivity index (χ2v) is 9.32. The molecule has 2 fully saturated rings. The Bertz CT molecular complexity index is 1150. The minimum Gasteiger partial charge on any atom is -0.370 e. The molecule has 33 heavy (non-hydrogen) atoms. The van der Waals surface area contributed by atoms with Crippen molar-refractivity contribution in [1.82, 2.24) is 9.88 Å². The monoisotopic (exact) mass is 461 g/mol. The molecule has 0 N–H and O–H groups in total. The molecule has 2 aromatic carbocycles. The number of morpholine rings is 1. The Kier molecular flexibility index (Phi) is 6.37. The van der Waals surface area contributed by atoms with Crippen LogP contribution in [0.2, 0.25) is 5.02 Å². The number of anilines is 2. The number of pyridine rings is 1. The van der Waals surface area contributed by atoms with Gasteiger partial charge in [-0.25, -0.2) is 0 Å². The first-order chi connectivity index (χ1) is 16.1. The number of aromatic nitrogens is 1. The largest absolute Gasteiger partial charge is 0.370 e. The SMILES string of the molecule is CC1CN(c2ccc(C#N)c3ncccc23)CC(CN2CCN(c3ccc(Cl)cc3)CC2)O1. The van der Waals surface area contributed by atoms with E-state index in [2.05, 4.69) is 56.9 Å². The van der Waals surface area contributed by atoms with Crippen LogP contribution in [0.15, 0.2) is 54.7 Å². The average Bonchev–Trinajstić information content (AvgIpc) is 2.84. The summed E-state index contributed by atoms with van der Waals surface area (Å²) in [6.45, 7) is 8.75. The summed E-state index contributed by atoms with van der Waals surface area (Å²) in [4.78, 5) is 11.8. The van der Waals surface area contributed by atoms with Crippen LogP contribution in [0, 0.1) is 11.3 Å². The standard InChI is InChI=1S/C26H28ClN5O/c1-19-16-32(25-9-4-20(15-28)26-24(25)3-2-10-29-26)18-23(33-19)17-30-11-13-31(14-12-30)22-7-5-21(27)6-8-22/h2-10,19,23H,11-14,16-18H2,1H3. The summed E-state index contributed by atoms with van der Waals surface area (Å²) in [6, 6.07) is 18.3. The van der Waals surface area contributed by atoms with E-state index < -0.39 is 0 Å². The molecule has 0 aliphatic carbocycles. The van der Waals surface area contributed by atoms with E-state index in [1.807, 2.05) is 24.3 Å². The van der Waals surface area contributed by atoms with Gasteiger partial charge >= 0.3 is 0 Å². The third-order valence-corrected chi connectivity index (χ3v) is 6.81. The van der Waals surface area contributed by atoms with Gasteiger partial charge in [0.25, 0.3) is 0 Å². The van der Waals surface area contributed by atoms with E-state index in [9.17, 15) is 5.26 Å². The van der Waals surface area contributed by atoms with E-state index in [-0.39, 0.29) is 12.2 Å². The Morgan fingerprint density at radius 3 is 2.58 bits per heavy atom. The predicted octanol–water partition coefficient (Wildman–Crippen LogP) is 4.18. The van der Waals surface area contributed by atoms with Crippen LogP contribution < -0.4 is 9.80 Å². The van der Waals surface area contributed by atoms with E-state index in [1.54, 1.807) is 6.20 Å². The zero-order valence-corrected chi connectivity index (χ0v) is 19.6. The van der Waals surface area contributed by atoms with Crippen LogP contribution in [0.4, 0.5) is 11.4 Å². The van der Waals surface area contributed by atoms with Crippen LogP contribution in [0.25, 0.3) is 10.9 Å². The number of fused-ring (bicyclic) bond motifs is 1. The Balaban J connectivity index is 1.26. The molecule has 3 heterocycles. The van der Waals surface area contributed by atoms with Crippen LogP contribution in [0.1, 0.15) is 12.5 Å². The van der Waals surface area contributed by atoms with Gasteiger partial charge in [-0.15, -0.1) is 0 Å². The smallest absolute Gasteiger partial charge is 0.101 e. The lowest BCUT2D eigenvalue weighted by Crippen LogP contribution is -2.54. The van der Waals surface area contributed by atoms with Crippen molar-refractivity contribution < 1.29 is 4.74 Å². The lowest BCUT2D eigenvalue weighted by molar-refractivity contribution is -0.0327. The molecule has 2 unspecified atom stereocenters. The fraction of sp³-hybridized carbons (Fsp3) is 0.385. The van der Waals surface area contributed by atoms with E-state index in [1.165, 1.54) is 5.69 Å². The maximum absolute atomic E-state index is 9.47.